The van der Waals surface area contributed by atoms with E-state index < -0.39 is 0 Å². The lowest BCUT2D eigenvalue weighted by molar-refractivity contribution is -0.121. The van der Waals surface area contributed by atoms with Crippen LogP contribution in [0.25, 0.3) is 0 Å². The minimum absolute atomic E-state index is 0.00812. The average Bonchev–Trinajstić information content (AvgIpc) is 2.50. The average molecular weight is 285 g/mol. The van der Waals surface area contributed by atoms with Crippen LogP contribution in [0.5, 0.6) is 11.5 Å². The molecule has 0 aliphatic rings. The highest BCUT2D eigenvalue weighted by Gasteiger charge is 2.19. The molecule has 1 atom stereocenters. The lowest BCUT2D eigenvalue weighted by atomic mass is 9.99. The van der Waals surface area contributed by atoms with Gasteiger partial charge in [0.1, 0.15) is 0 Å². The van der Waals surface area contributed by atoms with Crippen LogP contribution >= 0.6 is 0 Å². The number of para-hydroxylation sites is 1. The predicted molar refractivity (Wildman–Crippen MR) is 82.5 cm³/mol. The minimum atomic E-state index is -0.223. The van der Waals surface area contributed by atoms with Crippen LogP contribution in [-0.4, -0.2) is 23.2 Å². The van der Waals surface area contributed by atoms with E-state index in [4.69, 9.17) is 0 Å². The molecule has 0 bridgehead atoms. The number of phenolic OH excluding ortho intramolecular Hbond substituents is 2. The fraction of sp³-hybridized carbons (Fsp3) is 0.235. The summed E-state index contributed by atoms with van der Waals surface area (Å²) in [6, 6.07) is 14.1. The SMILES string of the molecule is CC(Cc1ccc(O)c(O)c1)C(=O)N(C)c1ccccc1. The molecule has 21 heavy (non-hydrogen) atoms. The summed E-state index contributed by atoms with van der Waals surface area (Å²) in [5, 5.41) is 18.8. The quantitative estimate of drug-likeness (QED) is 0.849. The molecule has 2 rings (SSSR count). The summed E-state index contributed by atoms with van der Waals surface area (Å²) in [4.78, 5) is 14.0. The van der Waals surface area contributed by atoms with Crippen LogP contribution in [-0.2, 0) is 11.2 Å². The van der Waals surface area contributed by atoms with E-state index in [0.717, 1.165) is 11.3 Å². The van der Waals surface area contributed by atoms with Gasteiger partial charge in [-0.3, -0.25) is 4.79 Å². The summed E-state index contributed by atoms with van der Waals surface area (Å²) in [6.07, 6.45) is 0.504. The van der Waals surface area contributed by atoms with Gasteiger partial charge in [0, 0.05) is 18.7 Å². The molecule has 2 aromatic carbocycles. The molecule has 0 aliphatic heterocycles. The van der Waals surface area contributed by atoms with E-state index >= 15 is 0 Å². The lowest BCUT2D eigenvalue weighted by Gasteiger charge is -2.21. The molecule has 0 fully saturated rings. The van der Waals surface area contributed by atoms with Gasteiger partial charge in [-0.1, -0.05) is 31.2 Å². The Morgan fingerprint density at radius 3 is 2.38 bits per heavy atom. The van der Waals surface area contributed by atoms with Crippen LogP contribution in [0.2, 0.25) is 0 Å². The largest absolute Gasteiger partial charge is 0.504 e. The van der Waals surface area contributed by atoms with Crippen molar-refractivity contribution in [1.82, 2.24) is 0 Å². The zero-order valence-corrected chi connectivity index (χ0v) is 12.2. The zero-order chi connectivity index (χ0) is 15.4. The number of anilines is 1. The van der Waals surface area contributed by atoms with Gasteiger partial charge in [0.15, 0.2) is 11.5 Å². The Morgan fingerprint density at radius 2 is 1.76 bits per heavy atom. The number of aromatic hydroxyl groups is 2. The highest BCUT2D eigenvalue weighted by Crippen LogP contribution is 2.26. The van der Waals surface area contributed by atoms with Crippen molar-refractivity contribution in [2.75, 3.05) is 11.9 Å². The standard InChI is InChI=1S/C17H19NO3/c1-12(10-13-8-9-15(19)16(20)11-13)17(21)18(2)14-6-4-3-5-7-14/h3-9,11-12,19-20H,10H2,1-2H3. The molecule has 0 radical (unpaired) electrons. The van der Waals surface area contributed by atoms with Crippen LogP contribution in [0, 0.1) is 5.92 Å². The molecule has 0 spiro atoms. The van der Waals surface area contributed by atoms with E-state index in [1.54, 1.807) is 18.0 Å². The van der Waals surface area contributed by atoms with Gasteiger partial charge in [0.2, 0.25) is 5.91 Å². The monoisotopic (exact) mass is 285 g/mol. The van der Waals surface area contributed by atoms with E-state index in [9.17, 15) is 15.0 Å². The van der Waals surface area contributed by atoms with Crippen LogP contribution in [0.1, 0.15) is 12.5 Å². The van der Waals surface area contributed by atoms with Gasteiger partial charge in [-0.15, -0.1) is 0 Å². The van der Waals surface area contributed by atoms with Crippen LogP contribution in [0.4, 0.5) is 5.69 Å². The topological polar surface area (TPSA) is 60.8 Å². The van der Waals surface area contributed by atoms with Crippen molar-refractivity contribution in [3.05, 3.63) is 54.1 Å². The number of nitrogens with zero attached hydrogens (tertiary/aromatic N) is 1. The fourth-order valence-electron chi connectivity index (χ4n) is 2.25. The summed E-state index contributed by atoms with van der Waals surface area (Å²) >= 11 is 0. The molecule has 0 saturated heterocycles. The third-order valence-electron chi connectivity index (χ3n) is 3.48. The van der Waals surface area contributed by atoms with Crippen molar-refractivity contribution in [1.29, 1.82) is 0 Å². The molecule has 4 heteroatoms. The number of hydrogen-bond acceptors (Lipinski definition) is 3. The number of hydrogen-bond donors (Lipinski definition) is 2. The summed E-state index contributed by atoms with van der Waals surface area (Å²) in [6.45, 7) is 1.85. The molecular weight excluding hydrogens is 266 g/mol. The van der Waals surface area contributed by atoms with Gasteiger partial charge >= 0.3 is 0 Å². The molecule has 110 valence electrons. The maximum Gasteiger partial charge on any atom is 0.229 e. The van der Waals surface area contributed by atoms with Gasteiger partial charge in [-0.25, -0.2) is 0 Å². The third-order valence-corrected chi connectivity index (χ3v) is 3.48. The van der Waals surface area contributed by atoms with Gasteiger partial charge in [0.25, 0.3) is 0 Å². The molecule has 0 aromatic heterocycles. The molecule has 0 aliphatic carbocycles. The Morgan fingerprint density at radius 1 is 1.10 bits per heavy atom. The highest BCUT2D eigenvalue weighted by molar-refractivity contribution is 5.94. The molecule has 0 heterocycles. The van der Waals surface area contributed by atoms with E-state index in [1.807, 2.05) is 37.3 Å². The van der Waals surface area contributed by atoms with E-state index in [0.29, 0.717) is 6.42 Å². The minimum Gasteiger partial charge on any atom is -0.504 e. The van der Waals surface area contributed by atoms with Crippen molar-refractivity contribution in [2.45, 2.75) is 13.3 Å². The van der Waals surface area contributed by atoms with E-state index in [-0.39, 0.29) is 23.3 Å². The van der Waals surface area contributed by atoms with Crippen molar-refractivity contribution in [3.8, 4) is 11.5 Å². The second-order valence-electron chi connectivity index (χ2n) is 5.16. The number of carbonyl (C=O) groups excluding carboxylic acids is 1. The van der Waals surface area contributed by atoms with Crippen molar-refractivity contribution in [3.63, 3.8) is 0 Å². The summed E-state index contributed by atoms with van der Waals surface area (Å²) in [5.41, 5.74) is 1.66. The summed E-state index contributed by atoms with van der Waals surface area (Å²) in [7, 11) is 1.75. The summed E-state index contributed by atoms with van der Waals surface area (Å²) in [5.74, 6) is -0.532. The van der Waals surface area contributed by atoms with Crippen molar-refractivity contribution >= 4 is 11.6 Å². The Hall–Kier alpha value is -2.49. The number of carbonyl (C=O) groups is 1. The lowest BCUT2D eigenvalue weighted by Crippen LogP contribution is -2.32. The third kappa shape index (κ3) is 3.54. The number of rotatable bonds is 4. The second kappa shape index (κ2) is 6.31. The first kappa shape index (κ1) is 14.9. The molecule has 4 nitrogen and oxygen atoms in total. The molecule has 1 unspecified atom stereocenters. The maximum atomic E-state index is 12.4. The number of benzene rings is 2. The highest BCUT2D eigenvalue weighted by atomic mass is 16.3. The zero-order valence-electron chi connectivity index (χ0n) is 12.2. The Bertz CT molecular complexity index is 625. The molecule has 2 aromatic rings. The first-order chi connectivity index (χ1) is 9.99. The molecular formula is C17H19NO3. The normalized spacial score (nSPS) is 11.9. The van der Waals surface area contributed by atoms with Crippen LogP contribution in [0.15, 0.2) is 48.5 Å². The molecule has 0 saturated carbocycles. The summed E-state index contributed by atoms with van der Waals surface area (Å²) < 4.78 is 0. The molecule has 2 N–H and O–H groups in total. The first-order valence-corrected chi connectivity index (χ1v) is 6.82. The number of phenols is 2. The van der Waals surface area contributed by atoms with Gasteiger partial charge in [-0.05, 0) is 36.2 Å². The second-order valence-corrected chi connectivity index (χ2v) is 5.16. The van der Waals surface area contributed by atoms with E-state index in [1.165, 1.54) is 12.1 Å². The van der Waals surface area contributed by atoms with E-state index in [2.05, 4.69) is 0 Å². The van der Waals surface area contributed by atoms with Crippen molar-refractivity contribution in [2.24, 2.45) is 5.92 Å². The predicted octanol–water partition coefficient (Wildman–Crippen LogP) is 2.94. The smallest absolute Gasteiger partial charge is 0.229 e. The van der Waals surface area contributed by atoms with Gasteiger partial charge in [0.05, 0.1) is 0 Å². The maximum absolute atomic E-state index is 12.4. The van der Waals surface area contributed by atoms with Crippen LogP contribution < -0.4 is 4.90 Å². The Kier molecular flexibility index (Phi) is 4.48. The molecule has 1 amide bonds. The Balaban J connectivity index is 2.07. The van der Waals surface area contributed by atoms with Gasteiger partial charge in [-0.2, -0.15) is 0 Å². The Labute approximate surface area is 124 Å². The first-order valence-electron chi connectivity index (χ1n) is 6.82. The fourth-order valence-corrected chi connectivity index (χ4v) is 2.25. The van der Waals surface area contributed by atoms with Crippen LogP contribution in [0.3, 0.4) is 0 Å². The van der Waals surface area contributed by atoms with Gasteiger partial charge < -0.3 is 15.1 Å². The number of amides is 1. The van der Waals surface area contributed by atoms with Crippen molar-refractivity contribution < 1.29 is 15.0 Å².